The third-order valence-corrected chi connectivity index (χ3v) is 3.11. The first-order chi connectivity index (χ1) is 10.3. The van der Waals surface area contributed by atoms with Crippen LogP contribution in [0.3, 0.4) is 0 Å². The predicted octanol–water partition coefficient (Wildman–Crippen LogP) is 4.02. The van der Waals surface area contributed by atoms with E-state index in [0.717, 1.165) is 17.5 Å². The number of amides is 1. The minimum absolute atomic E-state index is 0.0605. The number of anilines is 1. The number of carbonyl (C=O) groups excluding carboxylic acids is 1. The van der Waals surface area contributed by atoms with Gasteiger partial charge < -0.3 is 4.74 Å². The van der Waals surface area contributed by atoms with Gasteiger partial charge in [0.1, 0.15) is 5.75 Å². The summed E-state index contributed by atoms with van der Waals surface area (Å²) in [5.41, 5.74) is -1.04. The molecule has 0 unspecified atom stereocenters. The van der Waals surface area contributed by atoms with E-state index in [1.54, 1.807) is 0 Å². The standard InChI is InChI=1S/C12H7F5N2O2S/c13-10(14)21-7-3-1-6(2-4-7)9(20)19-11-18-8(5-22-11)12(15,16)17/h1-5,10H,(H,18,19,20). The second kappa shape index (κ2) is 6.26. The maximum Gasteiger partial charge on any atom is 0.434 e. The second-order valence-corrected chi connectivity index (χ2v) is 4.75. The largest absolute Gasteiger partial charge is 0.435 e. The number of rotatable bonds is 4. The lowest BCUT2D eigenvalue weighted by Gasteiger charge is -2.05. The SMILES string of the molecule is O=C(Nc1nc(C(F)(F)F)cs1)c1ccc(OC(F)F)cc1. The van der Waals surface area contributed by atoms with Gasteiger partial charge >= 0.3 is 12.8 Å². The lowest BCUT2D eigenvalue weighted by atomic mass is 10.2. The minimum atomic E-state index is -4.59. The summed E-state index contributed by atoms with van der Waals surface area (Å²) < 4.78 is 65.1. The van der Waals surface area contributed by atoms with Crippen LogP contribution in [0.25, 0.3) is 0 Å². The summed E-state index contributed by atoms with van der Waals surface area (Å²) in [6.45, 7) is -2.99. The summed E-state index contributed by atoms with van der Waals surface area (Å²) in [5, 5.41) is 2.75. The Balaban J connectivity index is 2.04. The molecule has 22 heavy (non-hydrogen) atoms. The number of carbonyl (C=O) groups is 1. The van der Waals surface area contributed by atoms with Crippen molar-refractivity contribution >= 4 is 22.4 Å². The highest BCUT2D eigenvalue weighted by molar-refractivity contribution is 7.14. The number of nitrogens with zero attached hydrogens (tertiary/aromatic N) is 1. The number of hydrogen-bond acceptors (Lipinski definition) is 4. The molecule has 1 aromatic carbocycles. The van der Waals surface area contributed by atoms with Gasteiger partial charge in [-0.15, -0.1) is 11.3 Å². The van der Waals surface area contributed by atoms with Crippen LogP contribution in [0.1, 0.15) is 16.1 Å². The van der Waals surface area contributed by atoms with Crippen LogP contribution in [0.2, 0.25) is 0 Å². The number of halogens is 5. The van der Waals surface area contributed by atoms with E-state index in [2.05, 4.69) is 15.0 Å². The van der Waals surface area contributed by atoms with E-state index in [9.17, 15) is 26.7 Å². The topological polar surface area (TPSA) is 51.2 Å². The molecule has 0 spiro atoms. The molecule has 2 aromatic rings. The summed E-state index contributed by atoms with van der Waals surface area (Å²) in [5.74, 6) is -0.855. The summed E-state index contributed by atoms with van der Waals surface area (Å²) in [4.78, 5) is 15.0. The number of aromatic nitrogens is 1. The zero-order chi connectivity index (χ0) is 16.3. The van der Waals surface area contributed by atoms with Crippen LogP contribution in [-0.2, 0) is 6.18 Å². The summed E-state index contributed by atoms with van der Waals surface area (Å²) >= 11 is 0.624. The van der Waals surface area contributed by atoms with E-state index in [1.807, 2.05) is 0 Å². The molecule has 1 N–H and O–H groups in total. The molecule has 0 bridgehead atoms. The Kier molecular flexibility index (Phi) is 4.59. The van der Waals surface area contributed by atoms with Crippen LogP contribution in [0.4, 0.5) is 27.1 Å². The van der Waals surface area contributed by atoms with Crippen molar-refractivity contribution in [2.75, 3.05) is 5.32 Å². The van der Waals surface area contributed by atoms with Gasteiger partial charge in [-0.2, -0.15) is 22.0 Å². The number of ether oxygens (including phenoxy) is 1. The zero-order valence-electron chi connectivity index (χ0n) is 10.5. The average Bonchev–Trinajstić information content (AvgIpc) is 2.87. The number of hydrogen-bond donors (Lipinski definition) is 1. The van der Waals surface area contributed by atoms with Crippen molar-refractivity contribution in [1.29, 1.82) is 0 Å². The van der Waals surface area contributed by atoms with Crippen LogP contribution >= 0.6 is 11.3 Å². The molecular weight excluding hydrogens is 331 g/mol. The van der Waals surface area contributed by atoms with Gasteiger partial charge in [-0.25, -0.2) is 4.98 Å². The Morgan fingerprint density at radius 3 is 2.36 bits per heavy atom. The molecule has 0 saturated carbocycles. The third kappa shape index (κ3) is 4.13. The molecule has 1 amide bonds. The van der Waals surface area contributed by atoms with Gasteiger partial charge in [0.25, 0.3) is 5.91 Å². The summed E-state index contributed by atoms with van der Waals surface area (Å²) in [6.07, 6.45) is -4.59. The quantitative estimate of drug-likeness (QED) is 0.857. The Morgan fingerprint density at radius 2 is 1.86 bits per heavy atom. The smallest absolute Gasteiger partial charge is 0.434 e. The minimum Gasteiger partial charge on any atom is -0.435 e. The lowest BCUT2D eigenvalue weighted by molar-refractivity contribution is -0.140. The average molecular weight is 338 g/mol. The molecule has 0 aliphatic carbocycles. The molecule has 1 heterocycles. The van der Waals surface area contributed by atoms with Crippen molar-refractivity contribution in [2.24, 2.45) is 0 Å². The Bertz CT molecular complexity index is 654. The van der Waals surface area contributed by atoms with Gasteiger partial charge in [-0.3, -0.25) is 10.1 Å². The van der Waals surface area contributed by atoms with E-state index in [-0.39, 0.29) is 16.4 Å². The first kappa shape index (κ1) is 16.1. The van der Waals surface area contributed by atoms with Crippen LogP contribution in [0.5, 0.6) is 5.75 Å². The van der Waals surface area contributed by atoms with Crippen LogP contribution in [0, 0.1) is 0 Å². The molecule has 0 aliphatic rings. The van der Waals surface area contributed by atoms with Gasteiger partial charge in [0.2, 0.25) is 0 Å². The predicted molar refractivity (Wildman–Crippen MR) is 68.1 cm³/mol. The van der Waals surface area contributed by atoms with Gasteiger partial charge in [-0.05, 0) is 24.3 Å². The van der Waals surface area contributed by atoms with Gasteiger partial charge in [-0.1, -0.05) is 0 Å². The van der Waals surface area contributed by atoms with Crippen LogP contribution in [-0.4, -0.2) is 17.5 Å². The Hall–Kier alpha value is -2.23. The van der Waals surface area contributed by atoms with Crippen molar-refractivity contribution in [3.05, 3.63) is 40.9 Å². The number of nitrogens with one attached hydrogen (secondary N) is 1. The van der Waals surface area contributed by atoms with E-state index < -0.39 is 24.4 Å². The highest BCUT2D eigenvalue weighted by Crippen LogP contribution is 2.31. The second-order valence-electron chi connectivity index (χ2n) is 3.89. The number of alkyl halides is 5. The number of thiazole rings is 1. The molecule has 1 aromatic heterocycles. The molecule has 0 aliphatic heterocycles. The molecule has 118 valence electrons. The monoisotopic (exact) mass is 338 g/mol. The fourth-order valence-electron chi connectivity index (χ4n) is 1.42. The molecule has 4 nitrogen and oxygen atoms in total. The van der Waals surface area contributed by atoms with E-state index >= 15 is 0 Å². The fraction of sp³-hybridized carbons (Fsp3) is 0.167. The maximum absolute atomic E-state index is 12.4. The highest BCUT2D eigenvalue weighted by atomic mass is 32.1. The summed E-state index contributed by atoms with van der Waals surface area (Å²) in [6, 6.07) is 4.69. The molecule has 0 radical (unpaired) electrons. The van der Waals surface area contributed by atoms with Gasteiger partial charge in [0, 0.05) is 10.9 Å². The molecular formula is C12H7F5N2O2S. The first-order valence-electron chi connectivity index (χ1n) is 5.64. The van der Waals surface area contributed by atoms with E-state index in [0.29, 0.717) is 11.3 Å². The van der Waals surface area contributed by atoms with E-state index in [1.165, 1.54) is 12.1 Å². The van der Waals surface area contributed by atoms with E-state index in [4.69, 9.17) is 0 Å². The molecule has 10 heteroatoms. The normalized spacial score (nSPS) is 11.5. The molecule has 0 atom stereocenters. The van der Waals surface area contributed by atoms with Crippen molar-refractivity contribution in [3.8, 4) is 5.75 Å². The number of benzene rings is 1. The third-order valence-electron chi connectivity index (χ3n) is 2.36. The van der Waals surface area contributed by atoms with Crippen molar-refractivity contribution < 1.29 is 31.5 Å². The van der Waals surface area contributed by atoms with Crippen molar-refractivity contribution in [1.82, 2.24) is 4.98 Å². The van der Waals surface area contributed by atoms with Crippen LogP contribution in [0.15, 0.2) is 29.6 Å². The Labute approximate surface area is 124 Å². The Morgan fingerprint density at radius 1 is 1.23 bits per heavy atom. The lowest BCUT2D eigenvalue weighted by Crippen LogP contribution is -2.12. The van der Waals surface area contributed by atoms with Gasteiger partial charge in [0.05, 0.1) is 0 Å². The summed E-state index contributed by atoms with van der Waals surface area (Å²) in [7, 11) is 0. The van der Waals surface area contributed by atoms with Crippen LogP contribution < -0.4 is 10.1 Å². The first-order valence-corrected chi connectivity index (χ1v) is 6.52. The zero-order valence-corrected chi connectivity index (χ0v) is 11.3. The maximum atomic E-state index is 12.4. The fourth-order valence-corrected chi connectivity index (χ4v) is 2.13. The highest BCUT2D eigenvalue weighted by Gasteiger charge is 2.33. The van der Waals surface area contributed by atoms with Crippen molar-refractivity contribution in [2.45, 2.75) is 12.8 Å². The van der Waals surface area contributed by atoms with Crippen molar-refractivity contribution in [3.63, 3.8) is 0 Å². The molecule has 0 fully saturated rings. The molecule has 0 saturated heterocycles. The molecule has 2 rings (SSSR count). The van der Waals surface area contributed by atoms with Gasteiger partial charge in [0.15, 0.2) is 10.8 Å².